The molecule has 0 saturated carbocycles. The van der Waals surface area contributed by atoms with Gasteiger partial charge < -0.3 is 5.73 Å². The van der Waals surface area contributed by atoms with Crippen LogP contribution in [0.2, 0.25) is 0 Å². The van der Waals surface area contributed by atoms with Crippen molar-refractivity contribution in [2.45, 2.75) is 26.8 Å². The highest BCUT2D eigenvalue weighted by atomic mass is 32.1. The number of fused-ring (bicyclic) bond motifs is 1. The average molecular weight is 220 g/mol. The minimum Gasteiger partial charge on any atom is -0.322 e. The van der Waals surface area contributed by atoms with E-state index >= 15 is 0 Å². The van der Waals surface area contributed by atoms with Gasteiger partial charge in [-0.1, -0.05) is 26.0 Å². The van der Waals surface area contributed by atoms with E-state index < -0.39 is 0 Å². The van der Waals surface area contributed by atoms with Gasteiger partial charge in [0.2, 0.25) is 0 Å². The van der Waals surface area contributed by atoms with E-state index in [9.17, 15) is 0 Å². The largest absolute Gasteiger partial charge is 0.322 e. The molecule has 2 nitrogen and oxygen atoms in total. The number of thiazole rings is 1. The summed E-state index contributed by atoms with van der Waals surface area (Å²) in [6, 6.07) is 6.32. The molecule has 80 valence electrons. The molecule has 15 heavy (non-hydrogen) atoms. The van der Waals surface area contributed by atoms with Crippen molar-refractivity contribution in [3.05, 3.63) is 28.8 Å². The summed E-state index contributed by atoms with van der Waals surface area (Å²) in [7, 11) is 0. The molecule has 0 aliphatic carbocycles. The molecule has 2 rings (SSSR count). The molecule has 0 aliphatic rings. The van der Waals surface area contributed by atoms with E-state index in [4.69, 9.17) is 5.73 Å². The Bertz CT molecular complexity index is 473. The third-order valence-corrected chi connectivity index (χ3v) is 3.76. The molecule has 1 aromatic heterocycles. The summed E-state index contributed by atoms with van der Waals surface area (Å²) in [6.45, 7) is 6.35. The quantitative estimate of drug-likeness (QED) is 0.843. The van der Waals surface area contributed by atoms with Crippen molar-refractivity contribution in [1.29, 1.82) is 0 Å². The second-order valence-corrected chi connectivity index (χ2v) is 5.31. The van der Waals surface area contributed by atoms with Crippen LogP contribution >= 0.6 is 11.3 Å². The van der Waals surface area contributed by atoms with Crippen molar-refractivity contribution in [3.63, 3.8) is 0 Å². The van der Waals surface area contributed by atoms with Gasteiger partial charge in [-0.05, 0) is 24.5 Å². The Morgan fingerprint density at radius 3 is 2.67 bits per heavy atom. The van der Waals surface area contributed by atoms with Gasteiger partial charge >= 0.3 is 0 Å². The fourth-order valence-electron chi connectivity index (χ4n) is 1.53. The first-order chi connectivity index (χ1) is 7.09. The van der Waals surface area contributed by atoms with Gasteiger partial charge in [-0.2, -0.15) is 0 Å². The minimum atomic E-state index is 0.0572. The van der Waals surface area contributed by atoms with Crippen LogP contribution in [0.4, 0.5) is 0 Å². The zero-order chi connectivity index (χ0) is 11.0. The summed E-state index contributed by atoms with van der Waals surface area (Å²) in [5, 5.41) is 1.05. The normalized spacial score (nSPS) is 13.7. The lowest BCUT2D eigenvalue weighted by Crippen LogP contribution is -2.16. The van der Waals surface area contributed by atoms with E-state index in [2.05, 4.69) is 44.0 Å². The predicted octanol–water partition coefficient (Wildman–Crippen LogP) is 3.26. The van der Waals surface area contributed by atoms with Crippen LogP contribution in [-0.2, 0) is 0 Å². The van der Waals surface area contributed by atoms with Crippen LogP contribution < -0.4 is 5.73 Å². The monoisotopic (exact) mass is 220 g/mol. The number of nitrogens with two attached hydrogens (primary N) is 1. The molecule has 0 bridgehead atoms. The Morgan fingerprint density at radius 1 is 1.33 bits per heavy atom. The Morgan fingerprint density at radius 2 is 2.07 bits per heavy atom. The molecule has 0 fully saturated rings. The Balaban J connectivity index is 2.52. The number of nitrogens with zero attached hydrogens (tertiary/aromatic N) is 1. The van der Waals surface area contributed by atoms with E-state index in [1.54, 1.807) is 11.3 Å². The van der Waals surface area contributed by atoms with Gasteiger partial charge in [0.25, 0.3) is 0 Å². The van der Waals surface area contributed by atoms with Gasteiger partial charge in [0, 0.05) is 0 Å². The van der Waals surface area contributed by atoms with Crippen molar-refractivity contribution in [1.82, 2.24) is 4.98 Å². The molecule has 1 unspecified atom stereocenters. The molecular weight excluding hydrogens is 204 g/mol. The highest BCUT2D eigenvalue weighted by Crippen LogP contribution is 2.29. The second-order valence-electron chi connectivity index (χ2n) is 4.24. The van der Waals surface area contributed by atoms with Gasteiger partial charge in [0.1, 0.15) is 5.01 Å². The number of benzene rings is 1. The van der Waals surface area contributed by atoms with E-state index in [1.165, 1.54) is 10.3 Å². The minimum absolute atomic E-state index is 0.0572. The number of aryl methyl sites for hydroxylation is 1. The van der Waals surface area contributed by atoms with Gasteiger partial charge in [-0.15, -0.1) is 11.3 Å². The standard InChI is InChI=1S/C12H16N2S/c1-7(2)10(13)12-14-11-8(3)5-4-6-9(11)15-12/h4-7,10H,13H2,1-3H3. The van der Waals surface area contributed by atoms with Crippen LogP contribution in [0.25, 0.3) is 10.2 Å². The predicted molar refractivity (Wildman–Crippen MR) is 66.1 cm³/mol. The fourth-order valence-corrected chi connectivity index (χ4v) is 2.75. The SMILES string of the molecule is Cc1cccc2sc(C(N)C(C)C)nc12. The highest BCUT2D eigenvalue weighted by molar-refractivity contribution is 7.18. The van der Waals surface area contributed by atoms with E-state index in [0.717, 1.165) is 10.5 Å². The summed E-state index contributed by atoms with van der Waals surface area (Å²) in [5.41, 5.74) is 8.43. The third kappa shape index (κ3) is 1.90. The van der Waals surface area contributed by atoms with Crippen LogP contribution in [0.15, 0.2) is 18.2 Å². The Hall–Kier alpha value is -0.930. The molecule has 0 aliphatic heterocycles. The van der Waals surface area contributed by atoms with Gasteiger partial charge in [-0.3, -0.25) is 0 Å². The lowest BCUT2D eigenvalue weighted by atomic mass is 10.1. The molecule has 0 amide bonds. The lowest BCUT2D eigenvalue weighted by molar-refractivity contribution is 0.513. The van der Waals surface area contributed by atoms with Crippen LogP contribution in [0.1, 0.15) is 30.5 Å². The van der Waals surface area contributed by atoms with Crippen LogP contribution in [-0.4, -0.2) is 4.98 Å². The second kappa shape index (κ2) is 3.91. The molecule has 2 N–H and O–H groups in total. The fraction of sp³-hybridized carbons (Fsp3) is 0.417. The van der Waals surface area contributed by atoms with Crippen molar-refractivity contribution < 1.29 is 0 Å². The Labute approximate surface area is 94.1 Å². The number of rotatable bonds is 2. The first kappa shape index (κ1) is 10.6. The zero-order valence-electron chi connectivity index (χ0n) is 9.32. The third-order valence-electron chi connectivity index (χ3n) is 2.64. The summed E-state index contributed by atoms with van der Waals surface area (Å²) < 4.78 is 1.24. The zero-order valence-corrected chi connectivity index (χ0v) is 10.1. The van der Waals surface area contributed by atoms with Crippen LogP contribution in [0.3, 0.4) is 0 Å². The van der Waals surface area contributed by atoms with Gasteiger partial charge in [-0.25, -0.2) is 4.98 Å². The maximum Gasteiger partial charge on any atom is 0.111 e. The average Bonchev–Trinajstić information content (AvgIpc) is 2.61. The van der Waals surface area contributed by atoms with Gasteiger partial charge in [0.05, 0.1) is 16.3 Å². The topological polar surface area (TPSA) is 38.9 Å². The van der Waals surface area contributed by atoms with Crippen molar-refractivity contribution in [2.24, 2.45) is 11.7 Å². The Kier molecular flexibility index (Phi) is 2.76. The smallest absolute Gasteiger partial charge is 0.111 e. The van der Waals surface area contributed by atoms with Crippen molar-refractivity contribution >= 4 is 21.6 Å². The maximum absolute atomic E-state index is 6.10. The summed E-state index contributed by atoms with van der Waals surface area (Å²) >= 11 is 1.71. The van der Waals surface area contributed by atoms with Crippen molar-refractivity contribution in [2.75, 3.05) is 0 Å². The van der Waals surface area contributed by atoms with E-state index in [0.29, 0.717) is 5.92 Å². The molecule has 0 spiro atoms. The van der Waals surface area contributed by atoms with Crippen LogP contribution in [0, 0.1) is 12.8 Å². The number of aromatic nitrogens is 1. The van der Waals surface area contributed by atoms with E-state index in [1.807, 2.05) is 0 Å². The number of para-hydroxylation sites is 1. The summed E-state index contributed by atoms with van der Waals surface area (Å²) in [4.78, 5) is 4.63. The van der Waals surface area contributed by atoms with Crippen LogP contribution in [0.5, 0.6) is 0 Å². The molecular formula is C12H16N2S. The molecule has 1 heterocycles. The first-order valence-corrected chi connectivity index (χ1v) is 6.03. The maximum atomic E-state index is 6.10. The summed E-state index contributed by atoms with van der Waals surface area (Å²) in [6.07, 6.45) is 0. The lowest BCUT2D eigenvalue weighted by Gasteiger charge is -2.11. The molecule has 1 aromatic carbocycles. The molecule has 0 saturated heterocycles. The molecule has 0 radical (unpaired) electrons. The van der Waals surface area contributed by atoms with Gasteiger partial charge in [0.15, 0.2) is 0 Å². The molecule has 3 heteroatoms. The van der Waals surface area contributed by atoms with Crippen molar-refractivity contribution in [3.8, 4) is 0 Å². The molecule has 2 aromatic rings. The van der Waals surface area contributed by atoms with E-state index in [-0.39, 0.29) is 6.04 Å². The number of hydrogen-bond donors (Lipinski definition) is 1. The first-order valence-electron chi connectivity index (χ1n) is 5.21. The molecule has 1 atom stereocenters. The highest BCUT2D eigenvalue weighted by Gasteiger charge is 2.15. The number of hydrogen-bond acceptors (Lipinski definition) is 3. The summed E-state index contributed by atoms with van der Waals surface area (Å²) in [5.74, 6) is 0.436.